The van der Waals surface area contributed by atoms with E-state index in [1.54, 1.807) is 0 Å². The van der Waals surface area contributed by atoms with Gasteiger partial charge in [-0.25, -0.2) is 0 Å². The van der Waals surface area contributed by atoms with Crippen molar-refractivity contribution >= 4 is 11.6 Å². The largest absolute Gasteiger partial charge is 0.294 e. The van der Waals surface area contributed by atoms with Crippen LogP contribution in [0.4, 0.5) is 0 Å². The fourth-order valence-electron chi connectivity index (χ4n) is 4.80. The Kier molecular flexibility index (Phi) is 7.59. The first-order chi connectivity index (χ1) is 12.8. The average Bonchev–Trinajstić information content (AvgIpc) is 2.60. The molecule has 27 heavy (non-hydrogen) atoms. The topological polar surface area (TPSA) is 34.1 Å². The highest BCUT2D eigenvalue weighted by Gasteiger charge is 2.36. The van der Waals surface area contributed by atoms with Crippen LogP contribution in [0.2, 0.25) is 0 Å². The molecule has 0 aromatic heterocycles. The molecule has 0 radical (unpaired) electrons. The van der Waals surface area contributed by atoms with E-state index >= 15 is 0 Å². The number of rotatable bonds is 3. The molecule has 0 saturated carbocycles. The van der Waals surface area contributed by atoms with E-state index in [0.717, 1.165) is 42.4 Å². The van der Waals surface area contributed by atoms with Gasteiger partial charge in [0.2, 0.25) is 0 Å². The second-order valence-corrected chi connectivity index (χ2v) is 8.50. The lowest BCUT2D eigenvalue weighted by atomic mass is 9.68. The molecular weight excluding hydrogens is 332 g/mol. The number of allylic oxidation sites excluding steroid dienone is 2. The Morgan fingerprint density at radius 1 is 0.963 bits per heavy atom. The third-order valence-electron chi connectivity index (χ3n) is 6.18. The highest BCUT2D eigenvalue weighted by atomic mass is 16.1. The molecule has 0 N–H and O–H groups in total. The summed E-state index contributed by atoms with van der Waals surface area (Å²) in [6, 6.07) is 6.19. The van der Waals surface area contributed by atoms with Gasteiger partial charge < -0.3 is 0 Å². The van der Waals surface area contributed by atoms with Gasteiger partial charge in [-0.3, -0.25) is 9.59 Å². The van der Waals surface area contributed by atoms with E-state index in [9.17, 15) is 9.59 Å². The SMILES string of the molecule is CCC.CCC1C(=O)C(C)=C(C)CC1CC1CC(=O)c2c(C)cccc2C1. The maximum atomic E-state index is 12.6. The summed E-state index contributed by atoms with van der Waals surface area (Å²) >= 11 is 0. The highest BCUT2D eigenvalue weighted by Crippen LogP contribution is 2.40. The monoisotopic (exact) mass is 368 g/mol. The second kappa shape index (κ2) is 9.48. The molecule has 0 fully saturated rings. The van der Waals surface area contributed by atoms with Crippen LogP contribution in [0.1, 0.15) is 88.2 Å². The van der Waals surface area contributed by atoms with Gasteiger partial charge in [-0.1, -0.05) is 51.0 Å². The van der Waals surface area contributed by atoms with Gasteiger partial charge in [-0.05, 0) is 75.0 Å². The molecule has 2 aliphatic rings. The maximum absolute atomic E-state index is 12.6. The molecule has 1 aromatic rings. The normalized spacial score (nSPS) is 25.0. The molecule has 0 bridgehead atoms. The van der Waals surface area contributed by atoms with Crippen molar-refractivity contribution in [2.75, 3.05) is 0 Å². The number of Topliss-reactive ketones (excluding diaryl/α,β-unsaturated/α-hetero) is 2. The molecule has 0 saturated heterocycles. The van der Waals surface area contributed by atoms with Gasteiger partial charge in [0.1, 0.15) is 0 Å². The van der Waals surface area contributed by atoms with Gasteiger partial charge in [0.25, 0.3) is 0 Å². The van der Waals surface area contributed by atoms with Gasteiger partial charge >= 0.3 is 0 Å². The zero-order valence-electron chi connectivity index (χ0n) is 18.0. The molecule has 148 valence electrons. The van der Waals surface area contributed by atoms with E-state index in [0.29, 0.717) is 24.0 Å². The second-order valence-electron chi connectivity index (χ2n) is 8.50. The fourth-order valence-corrected chi connectivity index (χ4v) is 4.80. The molecule has 3 unspecified atom stereocenters. The summed E-state index contributed by atoms with van der Waals surface area (Å²) in [4.78, 5) is 25.2. The Hall–Kier alpha value is -1.70. The summed E-state index contributed by atoms with van der Waals surface area (Å²) in [7, 11) is 0. The summed E-state index contributed by atoms with van der Waals surface area (Å²) in [6.45, 7) is 12.5. The number of hydrogen-bond donors (Lipinski definition) is 0. The fraction of sp³-hybridized carbons (Fsp3) is 0.600. The molecule has 0 heterocycles. The number of carbonyl (C=O) groups is 2. The van der Waals surface area contributed by atoms with Crippen molar-refractivity contribution in [3.8, 4) is 0 Å². The van der Waals surface area contributed by atoms with Crippen LogP contribution in [0.3, 0.4) is 0 Å². The maximum Gasteiger partial charge on any atom is 0.163 e. The van der Waals surface area contributed by atoms with E-state index in [1.165, 1.54) is 17.6 Å². The predicted molar refractivity (Wildman–Crippen MR) is 113 cm³/mol. The number of fused-ring (bicyclic) bond motifs is 1. The van der Waals surface area contributed by atoms with E-state index < -0.39 is 0 Å². The lowest BCUT2D eigenvalue weighted by Crippen LogP contribution is -2.32. The molecular formula is C25H36O2. The summed E-state index contributed by atoms with van der Waals surface area (Å²) in [6.07, 6.45) is 5.78. The Bertz CT molecular complexity index is 726. The van der Waals surface area contributed by atoms with E-state index in [-0.39, 0.29) is 11.7 Å². The standard InChI is InChI=1S/C22H28O2.C3H8/c1-5-19-18(9-14(3)15(4)22(19)24)11-16-10-17-8-6-7-13(2)21(17)20(23)12-16;1-3-2/h6-8,16,18-19H,5,9-12H2,1-4H3;3H2,1-2H3. The molecule has 2 heteroatoms. The Balaban J connectivity index is 0.000000817. The van der Waals surface area contributed by atoms with Gasteiger partial charge in [0, 0.05) is 17.9 Å². The minimum atomic E-state index is 0.141. The van der Waals surface area contributed by atoms with Gasteiger partial charge in [-0.15, -0.1) is 0 Å². The zero-order valence-corrected chi connectivity index (χ0v) is 18.0. The van der Waals surface area contributed by atoms with Crippen molar-refractivity contribution < 1.29 is 9.59 Å². The first-order valence-corrected chi connectivity index (χ1v) is 10.7. The predicted octanol–water partition coefficient (Wildman–Crippen LogP) is 6.50. The molecule has 0 amide bonds. The van der Waals surface area contributed by atoms with Crippen molar-refractivity contribution in [3.05, 3.63) is 46.0 Å². The first-order valence-electron chi connectivity index (χ1n) is 10.7. The lowest BCUT2D eigenvalue weighted by Gasteiger charge is -2.35. The summed E-state index contributed by atoms with van der Waals surface area (Å²) in [5, 5.41) is 0. The van der Waals surface area contributed by atoms with Gasteiger partial charge in [0.15, 0.2) is 11.6 Å². The van der Waals surface area contributed by atoms with Crippen molar-refractivity contribution in [2.24, 2.45) is 17.8 Å². The molecule has 3 atom stereocenters. The van der Waals surface area contributed by atoms with Crippen molar-refractivity contribution in [2.45, 2.75) is 80.1 Å². The Labute approximate surface area is 165 Å². The molecule has 2 nitrogen and oxygen atoms in total. The Morgan fingerprint density at radius 3 is 2.26 bits per heavy atom. The number of hydrogen-bond acceptors (Lipinski definition) is 2. The lowest BCUT2D eigenvalue weighted by molar-refractivity contribution is -0.121. The van der Waals surface area contributed by atoms with Crippen LogP contribution in [0.15, 0.2) is 29.3 Å². The minimum absolute atomic E-state index is 0.141. The number of aryl methyl sites for hydroxylation is 1. The zero-order chi connectivity index (χ0) is 20.1. The van der Waals surface area contributed by atoms with Gasteiger partial charge in [-0.2, -0.15) is 0 Å². The number of carbonyl (C=O) groups excluding carboxylic acids is 2. The highest BCUT2D eigenvalue weighted by molar-refractivity contribution is 6.00. The summed E-state index contributed by atoms with van der Waals surface area (Å²) in [5.74, 6) is 1.55. The van der Waals surface area contributed by atoms with Crippen LogP contribution in [0.25, 0.3) is 0 Å². The van der Waals surface area contributed by atoms with E-state index in [4.69, 9.17) is 0 Å². The molecule has 2 aliphatic carbocycles. The molecule has 3 rings (SSSR count). The van der Waals surface area contributed by atoms with Crippen LogP contribution < -0.4 is 0 Å². The first kappa shape index (κ1) is 21.6. The van der Waals surface area contributed by atoms with Crippen LogP contribution in [-0.2, 0) is 11.2 Å². The Morgan fingerprint density at radius 2 is 1.63 bits per heavy atom. The van der Waals surface area contributed by atoms with Crippen molar-refractivity contribution in [3.63, 3.8) is 0 Å². The van der Waals surface area contributed by atoms with Crippen LogP contribution >= 0.6 is 0 Å². The summed E-state index contributed by atoms with van der Waals surface area (Å²) < 4.78 is 0. The van der Waals surface area contributed by atoms with Crippen LogP contribution in [0.5, 0.6) is 0 Å². The number of ketones is 2. The van der Waals surface area contributed by atoms with Crippen molar-refractivity contribution in [1.29, 1.82) is 0 Å². The number of benzene rings is 1. The van der Waals surface area contributed by atoms with Crippen LogP contribution in [0, 0.1) is 24.7 Å². The van der Waals surface area contributed by atoms with E-state index in [2.05, 4.69) is 39.8 Å². The van der Waals surface area contributed by atoms with Crippen LogP contribution in [-0.4, -0.2) is 11.6 Å². The quantitative estimate of drug-likeness (QED) is 0.610. The smallest absolute Gasteiger partial charge is 0.163 e. The minimum Gasteiger partial charge on any atom is -0.294 e. The third kappa shape index (κ3) is 4.78. The third-order valence-corrected chi connectivity index (χ3v) is 6.18. The van der Waals surface area contributed by atoms with E-state index in [1.807, 2.05) is 19.9 Å². The molecule has 0 aliphatic heterocycles. The summed E-state index contributed by atoms with van der Waals surface area (Å²) in [5.41, 5.74) is 5.47. The van der Waals surface area contributed by atoms with Crippen molar-refractivity contribution in [1.82, 2.24) is 0 Å². The molecule has 0 spiro atoms. The molecule has 1 aromatic carbocycles. The van der Waals surface area contributed by atoms with Gasteiger partial charge in [0.05, 0.1) is 0 Å². The average molecular weight is 369 g/mol.